The van der Waals surface area contributed by atoms with Crippen LogP contribution >= 0.6 is 0 Å². The van der Waals surface area contributed by atoms with E-state index in [0.29, 0.717) is 5.92 Å². The van der Waals surface area contributed by atoms with Gasteiger partial charge in [0.2, 0.25) is 0 Å². The van der Waals surface area contributed by atoms with Crippen LogP contribution in [0.25, 0.3) is 0 Å². The first-order chi connectivity index (χ1) is 10.5. The van der Waals surface area contributed by atoms with Crippen LogP contribution in [0.4, 0.5) is 5.69 Å². The van der Waals surface area contributed by atoms with Crippen LogP contribution in [0.5, 0.6) is 5.75 Å². The zero-order valence-electron chi connectivity index (χ0n) is 13.6. The normalized spacial score (nSPS) is 12.0. The fourth-order valence-corrected chi connectivity index (χ4v) is 2.11. The Bertz CT molecular complexity index is 635. The number of ether oxygens (including phenoxy) is 1. The average molecular weight is 297 g/mol. The van der Waals surface area contributed by atoms with E-state index in [9.17, 15) is 4.79 Å². The first-order valence-corrected chi connectivity index (χ1v) is 7.60. The average Bonchev–Trinajstić information content (AvgIpc) is 2.50. The van der Waals surface area contributed by atoms with Crippen molar-refractivity contribution in [2.45, 2.75) is 39.7 Å². The molecule has 0 aliphatic carbocycles. The van der Waals surface area contributed by atoms with Crippen molar-refractivity contribution in [3.8, 4) is 5.75 Å². The molecule has 3 nitrogen and oxygen atoms in total. The Morgan fingerprint density at radius 1 is 1.05 bits per heavy atom. The highest BCUT2D eigenvalue weighted by atomic mass is 16.5. The van der Waals surface area contributed by atoms with Gasteiger partial charge >= 0.3 is 0 Å². The monoisotopic (exact) mass is 297 g/mol. The molecular weight excluding hydrogens is 274 g/mol. The Balaban J connectivity index is 2.06. The molecule has 0 saturated carbocycles. The highest BCUT2D eigenvalue weighted by Crippen LogP contribution is 2.25. The SMILES string of the molecule is Cc1ccc(C(C)C)cc1OC(C)C(=O)Nc1ccccc1. The lowest BCUT2D eigenvalue weighted by molar-refractivity contribution is -0.122. The van der Waals surface area contributed by atoms with Crippen molar-refractivity contribution < 1.29 is 9.53 Å². The van der Waals surface area contributed by atoms with Gasteiger partial charge in [0.25, 0.3) is 5.91 Å². The molecule has 116 valence electrons. The number of nitrogens with one attached hydrogen (secondary N) is 1. The van der Waals surface area contributed by atoms with Crippen molar-refractivity contribution in [2.75, 3.05) is 5.32 Å². The molecule has 1 atom stereocenters. The summed E-state index contributed by atoms with van der Waals surface area (Å²) in [6.07, 6.45) is -0.554. The van der Waals surface area contributed by atoms with Crippen molar-refractivity contribution in [1.82, 2.24) is 0 Å². The molecule has 0 spiro atoms. The molecule has 0 aromatic heterocycles. The van der Waals surface area contributed by atoms with E-state index in [4.69, 9.17) is 4.74 Å². The van der Waals surface area contributed by atoms with Gasteiger partial charge in [-0.15, -0.1) is 0 Å². The van der Waals surface area contributed by atoms with Crippen LogP contribution in [0.2, 0.25) is 0 Å². The van der Waals surface area contributed by atoms with Gasteiger partial charge in [-0.25, -0.2) is 0 Å². The van der Waals surface area contributed by atoms with Crippen LogP contribution in [0.1, 0.15) is 37.8 Å². The Morgan fingerprint density at radius 2 is 1.73 bits per heavy atom. The molecule has 2 aromatic carbocycles. The quantitative estimate of drug-likeness (QED) is 0.881. The van der Waals surface area contributed by atoms with E-state index in [0.717, 1.165) is 17.0 Å². The van der Waals surface area contributed by atoms with Gasteiger partial charge in [-0.3, -0.25) is 4.79 Å². The number of amides is 1. The number of benzene rings is 2. The van der Waals surface area contributed by atoms with Crippen molar-refractivity contribution in [1.29, 1.82) is 0 Å². The minimum absolute atomic E-state index is 0.152. The predicted octanol–water partition coefficient (Wildman–Crippen LogP) is 4.52. The smallest absolute Gasteiger partial charge is 0.265 e. The maximum atomic E-state index is 12.2. The predicted molar refractivity (Wildman–Crippen MR) is 90.4 cm³/mol. The minimum atomic E-state index is -0.554. The minimum Gasteiger partial charge on any atom is -0.481 e. The van der Waals surface area contributed by atoms with Crippen LogP contribution in [-0.2, 0) is 4.79 Å². The Morgan fingerprint density at radius 3 is 2.36 bits per heavy atom. The molecular formula is C19H23NO2. The van der Waals surface area contributed by atoms with E-state index in [2.05, 4.69) is 25.2 Å². The lowest BCUT2D eigenvalue weighted by Gasteiger charge is -2.18. The van der Waals surface area contributed by atoms with E-state index < -0.39 is 6.10 Å². The van der Waals surface area contributed by atoms with Crippen LogP contribution < -0.4 is 10.1 Å². The summed E-state index contributed by atoms with van der Waals surface area (Å²) in [6.45, 7) is 8.03. The van der Waals surface area contributed by atoms with Gasteiger partial charge in [0.15, 0.2) is 6.10 Å². The third-order valence-electron chi connectivity index (χ3n) is 3.59. The van der Waals surface area contributed by atoms with Gasteiger partial charge in [0, 0.05) is 5.69 Å². The Hall–Kier alpha value is -2.29. The Kier molecular flexibility index (Phi) is 5.21. The number of rotatable bonds is 5. The molecule has 1 N–H and O–H groups in total. The third-order valence-corrected chi connectivity index (χ3v) is 3.59. The van der Waals surface area contributed by atoms with Gasteiger partial charge in [-0.05, 0) is 49.1 Å². The number of carbonyl (C=O) groups is 1. The molecule has 0 aliphatic rings. The molecule has 0 fully saturated rings. The molecule has 2 rings (SSSR count). The van der Waals surface area contributed by atoms with E-state index in [-0.39, 0.29) is 5.91 Å². The molecule has 0 aliphatic heterocycles. The van der Waals surface area contributed by atoms with Crippen LogP contribution in [0.15, 0.2) is 48.5 Å². The summed E-state index contributed by atoms with van der Waals surface area (Å²) in [7, 11) is 0. The van der Waals surface area contributed by atoms with Crippen molar-refractivity contribution in [3.63, 3.8) is 0 Å². The number of anilines is 1. The first-order valence-electron chi connectivity index (χ1n) is 7.60. The zero-order valence-corrected chi connectivity index (χ0v) is 13.6. The Labute approximate surface area is 132 Å². The van der Waals surface area contributed by atoms with Crippen LogP contribution in [-0.4, -0.2) is 12.0 Å². The summed E-state index contributed by atoms with van der Waals surface area (Å²) in [5, 5.41) is 2.85. The molecule has 3 heteroatoms. The second-order valence-electron chi connectivity index (χ2n) is 5.79. The van der Waals surface area contributed by atoms with Gasteiger partial charge in [-0.2, -0.15) is 0 Å². The second-order valence-corrected chi connectivity index (χ2v) is 5.79. The summed E-state index contributed by atoms with van der Waals surface area (Å²) in [5.74, 6) is 1.04. The van der Waals surface area contributed by atoms with Crippen LogP contribution in [0.3, 0.4) is 0 Å². The topological polar surface area (TPSA) is 38.3 Å². The number of hydrogen-bond donors (Lipinski definition) is 1. The van der Waals surface area contributed by atoms with E-state index in [1.54, 1.807) is 6.92 Å². The lowest BCUT2D eigenvalue weighted by atomic mass is 10.0. The molecule has 0 bridgehead atoms. The van der Waals surface area contributed by atoms with E-state index in [1.165, 1.54) is 5.56 Å². The van der Waals surface area contributed by atoms with Crippen molar-refractivity contribution >= 4 is 11.6 Å². The number of para-hydroxylation sites is 1. The highest BCUT2D eigenvalue weighted by molar-refractivity contribution is 5.94. The zero-order chi connectivity index (χ0) is 16.1. The maximum Gasteiger partial charge on any atom is 0.265 e. The summed E-state index contributed by atoms with van der Waals surface area (Å²) < 4.78 is 5.86. The number of carbonyl (C=O) groups excluding carboxylic acids is 1. The number of aryl methyl sites for hydroxylation is 1. The van der Waals surface area contributed by atoms with Gasteiger partial charge in [0.05, 0.1) is 0 Å². The summed E-state index contributed by atoms with van der Waals surface area (Å²) in [4.78, 5) is 12.2. The van der Waals surface area contributed by atoms with Gasteiger partial charge < -0.3 is 10.1 Å². The molecule has 2 aromatic rings. The molecule has 0 radical (unpaired) electrons. The summed E-state index contributed by atoms with van der Waals surface area (Å²) >= 11 is 0. The van der Waals surface area contributed by atoms with E-state index >= 15 is 0 Å². The fraction of sp³-hybridized carbons (Fsp3) is 0.316. The van der Waals surface area contributed by atoms with Crippen molar-refractivity contribution in [3.05, 3.63) is 59.7 Å². The fourth-order valence-electron chi connectivity index (χ4n) is 2.11. The molecule has 0 heterocycles. The van der Waals surface area contributed by atoms with Crippen molar-refractivity contribution in [2.24, 2.45) is 0 Å². The maximum absolute atomic E-state index is 12.2. The molecule has 0 saturated heterocycles. The third kappa shape index (κ3) is 4.10. The number of hydrogen-bond acceptors (Lipinski definition) is 2. The lowest BCUT2D eigenvalue weighted by Crippen LogP contribution is -2.30. The van der Waals surface area contributed by atoms with Crippen LogP contribution in [0, 0.1) is 6.92 Å². The molecule has 22 heavy (non-hydrogen) atoms. The van der Waals surface area contributed by atoms with E-state index in [1.807, 2.05) is 49.4 Å². The highest BCUT2D eigenvalue weighted by Gasteiger charge is 2.16. The summed E-state index contributed by atoms with van der Waals surface area (Å²) in [6, 6.07) is 15.6. The molecule has 1 amide bonds. The largest absolute Gasteiger partial charge is 0.481 e. The standard InChI is InChI=1S/C19H23NO2/c1-13(2)16-11-10-14(3)18(12-16)22-15(4)19(21)20-17-8-6-5-7-9-17/h5-13,15H,1-4H3,(H,20,21). The van der Waals surface area contributed by atoms with Gasteiger partial charge in [0.1, 0.15) is 5.75 Å². The van der Waals surface area contributed by atoms with Gasteiger partial charge in [-0.1, -0.05) is 44.2 Å². The second kappa shape index (κ2) is 7.12. The molecule has 1 unspecified atom stereocenters. The first kappa shape index (κ1) is 16.1. The summed E-state index contributed by atoms with van der Waals surface area (Å²) in [5.41, 5.74) is 3.01.